The fourth-order valence-electron chi connectivity index (χ4n) is 1.81. The second-order valence-corrected chi connectivity index (χ2v) is 5.90. The van der Waals surface area contributed by atoms with Crippen molar-refractivity contribution in [3.63, 3.8) is 0 Å². The van der Waals surface area contributed by atoms with Crippen molar-refractivity contribution in [3.05, 3.63) is 0 Å². The van der Waals surface area contributed by atoms with Gasteiger partial charge in [0.25, 0.3) is 10.2 Å². The van der Waals surface area contributed by atoms with Crippen LogP contribution in [-0.2, 0) is 10.2 Å². The first kappa shape index (κ1) is 13.9. The van der Waals surface area contributed by atoms with Crippen LogP contribution in [-0.4, -0.2) is 44.1 Å². The summed E-state index contributed by atoms with van der Waals surface area (Å²) in [6, 6.07) is 0. The van der Waals surface area contributed by atoms with Gasteiger partial charge in [0.05, 0.1) is 0 Å². The van der Waals surface area contributed by atoms with Gasteiger partial charge in [-0.2, -0.15) is 12.7 Å². The zero-order chi connectivity index (χ0) is 11.9. The lowest BCUT2D eigenvalue weighted by molar-refractivity contribution is 0.282. The first-order valence-electron chi connectivity index (χ1n) is 6.02. The minimum absolute atomic E-state index is 0.222. The molecule has 96 valence electrons. The highest BCUT2D eigenvalue weighted by atomic mass is 32.2. The molecular weight excluding hydrogens is 228 g/mol. The van der Waals surface area contributed by atoms with E-state index in [-0.39, 0.29) is 6.61 Å². The molecule has 0 aromatic heterocycles. The molecular formula is C10H22N2O3S. The van der Waals surface area contributed by atoms with E-state index in [1.807, 2.05) is 0 Å². The third-order valence-corrected chi connectivity index (χ3v) is 4.39. The normalized spacial score (nSPS) is 18.1. The fraction of sp³-hybridized carbons (Fsp3) is 1.00. The van der Waals surface area contributed by atoms with Crippen molar-refractivity contribution >= 4 is 10.2 Å². The molecule has 0 radical (unpaired) electrons. The van der Waals surface area contributed by atoms with E-state index in [1.165, 1.54) is 4.31 Å². The lowest BCUT2D eigenvalue weighted by Gasteiger charge is -2.15. The molecule has 1 fully saturated rings. The van der Waals surface area contributed by atoms with Gasteiger partial charge in [-0.05, 0) is 25.7 Å². The van der Waals surface area contributed by atoms with Gasteiger partial charge in [-0.3, -0.25) is 0 Å². The summed E-state index contributed by atoms with van der Waals surface area (Å²) in [5, 5.41) is 8.58. The number of hydrogen-bond donors (Lipinski definition) is 2. The average Bonchev–Trinajstić information content (AvgIpc) is 2.77. The number of aliphatic hydroxyl groups excluding tert-OH is 1. The fourth-order valence-corrected chi connectivity index (χ4v) is 3.14. The van der Waals surface area contributed by atoms with E-state index in [1.54, 1.807) is 0 Å². The van der Waals surface area contributed by atoms with E-state index >= 15 is 0 Å². The number of rotatable bonds is 8. The van der Waals surface area contributed by atoms with Crippen LogP contribution in [0.4, 0.5) is 0 Å². The van der Waals surface area contributed by atoms with Crippen LogP contribution >= 0.6 is 0 Å². The summed E-state index contributed by atoms with van der Waals surface area (Å²) in [6.07, 6.45) is 5.51. The summed E-state index contributed by atoms with van der Waals surface area (Å²) < 4.78 is 27.5. The number of nitrogens with one attached hydrogen (secondary N) is 1. The molecule has 0 aromatic rings. The molecule has 1 heterocycles. The summed E-state index contributed by atoms with van der Waals surface area (Å²) in [4.78, 5) is 0. The van der Waals surface area contributed by atoms with Crippen LogP contribution in [0.25, 0.3) is 0 Å². The summed E-state index contributed by atoms with van der Waals surface area (Å²) >= 11 is 0. The standard InChI is InChI=1S/C10H22N2O3S/c13-10-6-2-1-3-7-11-16(14,15)12-8-4-5-9-12/h11,13H,1-10H2. The van der Waals surface area contributed by atoms with Gasteiger partial charge in [0.1, 0.15) is 0 Å². The van der Waals surface area contributed by atoms with E-state index < -0.39 is 10.2 Å². The topological polar surface area (TPSA) is 69.6 Å². The van der Waals surface area contributed by atoms with E-state index in [4.69, 9.17) is 5.11 Å². The summed E-state index contributed by atoms with van der Waals surface area (Å²) in [5.74, 6) is 0. The molecule has 6 heteroatoms. The van der Waals surface area contributed by atoms with Crippen LogP contribution in [0.2, 0.25) is 0 Å². The molecule has 2 N–H and O–H groups in total. The minimum atomic E-state index is -3.22. The van der Waals surface area contributed by atoms with Crippen molar-refractivity contribution in [1.82, 2.24) is 9.03 Å². The second kappa shape index (κ2) is 7.21. The maximum Gasteiger partial charge on any atom is 0.279 e. The van der Waals surface area contributed by atoms with Gasteiger partial charge in [0.15, 0.2) is 0 Å². The SMILES string of the molecule is O=S(=O)(NCCCCCCO)N1CCCC1. The molecule has 0 saturated carbocycles. The second-order valence-electron chi connectivity index (χ2n) is 4.14. The lowest BCUT2D eigenvalue weighted by Crippen LogP contribution is -2.39. The third kappa shape index (κ3) is 4.78. The van der Waals surface area contributed by atoms with Gasteiger partial charge in [-0.1, -0.05) is 12.8 Å². The molecule has 5 nitrogen and oxygen atoms in total. The Hall–Kier alpha value is -0.170. The van der Waals surface area contributed by atoms with Crippen LogP contribution in [0.3, 0.4) is 0 Å². The number of aliphatic hydroxyl groups is 1. The largest absolute Gasteiger partial charge is 0.396 e. The smallest absolute Gasteiger partial charge is 0.279 e. The van der Waals surface area contributed by atoms with Crippen molar-refractivity contribution < 1.29 is 13.5 Å². The highest BCUT2D eigenvalue weighted by molar-refractivity contribution is 7.87. The van der Waals surface area contributed by atoms with E-state index in [9.17, 15) is 8.42 Å². The van der Waals surface area contributed by atoms with Gasteiger partial charge in [0, 0.05) is 26.2 Å². The lowest BCUT2D eigenvalue weighted by atomic mass is 10.2. The minimum Gasteiger partial charge on any atom is -0.396 e. The Kier molecular flexibility index (Phi) is 6.26. The Morgan fingerprint density at radius 2 is 1.69 bits per heavy atom. The van der Waals surface area contributed by atoms with Gasteiger partial charge in [-0.15, -0.1) is 0 Å². The Balaban J connectivity index is 2.11. The quantitative estimate of drug-likeness (QED) is 0.615. The van der Waals surface area contributed by atoms with Crippen molar-refractivity contribution in [2.45, 2.75) is 38.5 Å². The predicted octanol–water partition coefficient (Wildman–Crippen LogP) is 0.469. The molecule has 0 bridgehead atoms. The molecule has 0 atom stereocenters. The molecule has 1 aliphatic rings. The van der Waals surface area contributed by atoms with Crippen LogP contribution in [0.5, 0.6) is 0 Å². The van der Waals surface area contributed by atoms with Crippen molar-refractivity contribution in [1.29, 1.82) is 0 Å². The van der Waals surface area contributed by atoms with E-state index in [2.05, 4.69) is 4.72 Å². The molecule has 16 heavy (non-hydrogen) atoms. The van der Waals surface area contributed by atoms with Crippen LogP contribution in [0, 0.1) is 0 Å². The van der Waals surface area contributed by atoms with Crippen molar-refractivity contribution in [2.24, 2.45) is 0 Å². The molecule has 1 aliphatic heterocycles. The summed E-state index contributed by atoms with van der Waals surface area (Å²) in [5.41, 5.74) is 0. The number of unbranched alkanes of at least 4 members (excludes halogenated alkanes) is 3. The first-order chi connectivity index (χ1) is 7.67. The van der Waals surface area contributed by atoms with Crippen molar-refractivity contribution in [3.8, 4) is 0 Å². The van der Waals surface area contributed by atoms with Gasteiger partial charge < -0.3 is 5.11 Å². The highest BCUT2D eigenvalue weighted by Gasteiger charge is 2.24. The van der Waals surface area contributed by atoms with Crippen LogP contribution < -0.4 is 4.72 Å². The molecule has 0 spiro atoms. The first-order valence-corrected chi connectivity index (χ1v) is 7.46. The average molecular weight is 250 g/mol. The summed E-state index contributed by atoms with van der Waals surface area (Å²) in [6.45, 7) is 2.03. The predicted molar refractivity (Wildman–Crippen MR) is 63.3 cm³/mol. The van der Waals surface area contributed by atoms with E-state index in [0.29, 0.717) is 19.6 Å². The third-order valence-electron chi connectivity index (χ3n) is 2.77. The zero-order valence-corrected chi connectivity index (χ0v) is 10.5. The molecule has 0 amide bonds. The van der Waals surface area contributed by atoms with Gasteiger partial charge in [-0.25, -0.2) is 4.72 Å². The molecule has 0 unspecified atom stereocenters. The van der Waals surface area contributed by atoms with E-state index in [0.717, 1.165) is 38.5 Å². The number of nitrogens with zero attached hydrogens (tertiary/aromatic N) is 1. The Morgan fingerprint density at radius 1 is 1.06 bits per heavy atom. The highest BCUT2D eigenvalue weighted by Crippen LogP contribution is 2.11. The molecule has 1 rings (SSSR count). The van der Waals surface area contributed by atoms with Gasteiger partial charge in [0.2, 0.25) is 0 Å². The molecule has 0 aliphatic carbocycles. The maximum absolute atomic E-state index is 11.7. The summed E-state index contributed by atoms with van der Waals surface area (Å²) in [7, 11) is -3.22. The van der Waals surface area contributed by atoms with Crippen LogP contribution in [0.1, 0.15) is 38.5 Å². The van der Waals surface area contributed by atoms with Crippen molar-refractivity contribution in [2.75, 3.05) is 26.2 Å². The number of hydrogen-bond acceptors (Lipinski definition) is 3. The Bertz CT molecular complexity index is 274. The van der Waals surface area contributed by atoms with Gasteiger partial charge >= 0.3 is 0 Å². The zero-order valence-electron chi connectivity index (χ0n) is 9.69. The Labute approximate surface area is 98.0 Å². The Morgan fingerprint density at radius 3 is 2.31 bits per heavy atom. The van der Waals surface area contributed by atoms with Crippen LogP contribution in [0.15, 0.2) is 0 Å². The monoisotopic (exact) mass is 250 g/mol. The molecule has 1 saturated heterocycles. The molecule has 0 aromatic carbocycles. The maximum atomic E-state index is 11.7.